The minimum atomic E-state index is 0.669. The number of benzene rings is 1. The number of rotatable bonds is 1. The summed E-state index contributed by atoms with van der Waals surface area (Å²) in [7, 11) is 0. The molecule has 15 heavy (non-hydrogen) atoms. The Hall–Kier alpha value is -1.68. The van der Waals surface area contributed by atoms with Gasteiger partial charge in [-0.05, 0) is 25.1 Å². The highest BCUT2D eigenvalue weighted by atomic mass is 32.1. The van der Waals surface area contributed by atoms with Gasteiger partial charge in [-0.3, -0.25) is 0 Å². The van der Waals surface area contributed by atoms with Crippen LogP contribution in [0.3, 0.4) is 0 Å². The molecule has 1 aromatic carbocycles. The van der Waals surface area contributed by atoms with Gasteiger partial charge < -0.3 is 4.42 Å². The molecule has 2 heterocycles. The Balaban J connectivity index is 2.18. The highest BCUT2D eigenvalue weighted by Crippen LogP contribution is 2.25. The van der Waals surface area contributed by atoms with E-state index in [9.17, 15) is 0 Å². The monoisotopic (exact) mass is 216 g/mol. The zero-order valence-electron chi connectivity index (χ0n) is 8.10. The van der Waals surface area contributed by atoms with Crippen LogP contribution in [0.5, 0.6) is 0 Å². The Labute approximate surface area is 90.4 Å². The first-order valence-corrected chi connectivity index (χ1v) is 5.47. The molecule has 0 bridgehead atoms. The van der Waals surface area contributed by atoms with Crippen LogP contribution in [0.1, 0.15) is 5.76 Å². The van der Waals surface area contributed by atoms with Crippen LogP contribution in [0.4, 0.5) is 0 Å². The van der Waals surface area contributed by atoms with E-state index in [0.717, 1.165) is 21.5 Å². The van der Waals surface area contributed by atoms with E-state index in [1.165, 1.54) is 0 Å². The Morgan fingerprint density at radius 2 is 2.20 bits per heavy atom. The summed E-state index contributed by atoms with van der Waals surface area (Å²) in [5, 5.41) is 0. The standard InChI is InChI=1S/C11H8N2OS/c1-7-5-12-11(14-7)8-2-3-9-10(4-8)15-6-13-9/h2-6H,1H3. The van der Waals surface area contributed by atoms with Gasteiger partial charge in [-0.15, -0.1) is 11.3 Å². The summed E-state index contributed by atoms with van der Waals surface area (Å²) in [5.41, 5.74) is 3.86. The van der Waals surface area contributed by atoms with Gasteiger partial charge in [0.25, 0.3) is 0 Å². The summed E-state index contributed by atoms with van der Waals surface area (Å²) >= 11 is 1.62. The van der Waals surface area contributed by atoms with E-state index in [4.69, 9.17) is 4.42 Å². The van der Waals surface area contributed by atoms with Crippen molar-refractivity contribution in [2.24, 2.45) is 0 Å². The van der Waals surface area contributed by atoms with Crippen LogP contribution in [0.25, 0.3) is 21.7 Å². The fraction of sp³-hybridized carbons (Fsp3) is 0.0909. The average Bonchev–Trinajstić information content (AvgIpc) is 2.84. The second kappa shape index (κ2) is 3.17. The molecule has 0 aliphatic rings. The van der Waals surface area contributed by atoms with Gasteiger partial charge in [0.2, 0.25) is 5.89 Å². The maximum Gasteiger partial charge on any atom is 0.226 e. The molecule has 0 aliphatic carbocycles. The predicted octanol–water partition coefficient (Wildman–Crippen LogP) is 3.26. The molecule has 0 atom stereocenters. The van der Waals surface area contributed by atoms with E-state index < -0.39 is 0 Å². The SMILES string of the molecule is Cc1cnc(-c2ccc3ncsc3c2)o1. The molecule has 0 N–H and O–H groups in total. The maximum absolute atomic E-state index is 5.47. The van der Waals surface area contributed by atoms with Crippen LogP contribution in [-0.4, -0.2) is 9.97 Å². The van der Waals surface area contributed by atoms with Crippen LogP contribution >= 0.6 is 11.3 Å². The average molecular weight is 216 g/mol. The summed E-state index contributed by atoms with van der Waals surface area (Å²) < 4.78 is 6.62. The number of oxazole rings is 1. The number of aryl methyl sites for hydroxylation is 1. The first kappa shape index (κ1) is 8.61. The van der Waals surface area contributed by atoms with Crippen molar-refractivity contribution in [2.75, 3.05) is 0 Å². The van der Waals surface area contributed by atoms with E-state index in [1.54, 1.807) is 17.5 Å². The van der Waals surface area contributed by atoms with Gasteiger partial charge in [0.1, 0.15) is 5.76 Å². The van der Waals surface area contributed by atoms with Crippen LogP contribution < -0.4 is 0 Å². The molecule has 0 saturated heterocycles. The smallest absolute Gasteiger partial charge is 0.226 e. The molecule has 74 valence electrons. The lowest BCUT2D eigenvalue weighted by Gasteiger charge is -1.94. The zero-order valence-corrected chi connectivity index (χ0v) is 8.91. The molecule has 0 radical (unpaired) electrons. The number of thiazole rings is 1. The fourth-order valence-corrected chi connectivity index (χ4v) is 2.19. The van der Waals surface area contributed by atoms with Gasteiger partial charge in [-0.1, -0.05) is 0 Å². The summed E-state index contributed by atoms with van der Waals surface area (Å²) in [6.45, 7) is 1.89. The third-order valence-electron chi connectivity index (χ3n) is 2.20. The summed E-state index contributed by atoms with van der Waals surface area (Å²) in [5.74, 6) is 1.50. The first-order valence-electron chi connectivity index (χ1n) is 4.59. The maximum atomic E-state index is 5.47. The fourth-order valence-electron chi connectivity index (χ4n) is 1.48. The normalized spacial score (nSPS) is 11.0. The van der Waals surface area contributed by atoms with Crippen LogP contribution in [0, 0.1) is 6.92 Å². The highest BCUT2D eigenvalue weighted by Gasteiger charge is 2.05. The molecular formula is C11H8N2OS. The van der Waals surface area contributed by atoms with Crippen molar-refractivity contribution in [3.8, 4) is 11.5 Å². The van der Waals surface area contributed by atoms with Crippen molar-refractivity contribution >= 4 is 21.6 Å². The van der Waals surface area contributed by atoms with Gasteiger partial charge >= 0.3 is 0 Å². The third kappa shape index (κ3) is 1.43. The van der Waals surface area contributed by atoms with E-state index in [-0.39, 0.29) is 0 Å². The minimum absolute atomic E-state index is 0.669. The minimum Gasteiger partial charge on any atom is -0.441 e. The zero-order chi connectivity index (χ0) is 10.3. The highest BCUT2D eigenvalue weighted by molar-refractivity contribution is 7.16. The second-order valence-electron chi connectivity index (χ2n) is 3.31. The Morgan fingerprint density at radius 3 is 3.00 bits per heavy atom. The van der Waals surface area contributed by atoms with Crippen molar-refractivity contribution in [1.29, 1.82) is 0 Å². The third-order valence-corrected chi connectivity index (χ3v) is 2.99. The molecule has 3 nitrogen and oxygen atoms in total. The molecular weight excluding hydrogens is 208 g/mol. The topological polar surface area (TPSA) is 38.9 Å². The van der Waals surface area contributed by atoms with Crippen molar-refractivity contribution < 1.29 is 4.42 Å². The number of aromatic nitrogens is 2. The van der Waals surface area contributed by atoms with Gasteiger partial charge in [0.15, 0.2) is 0 Å². The van der Waals surface area contributed by atoms with Crippen molar-refractivity contribution in [3.05, 3.63) is 35.7 Å². The lowest BCUT2D eigenvalue weighted by molar-refractivity contribution is 0.542. The van der Waals surface area contributed by atoms with Gasteiger partial charge in [0, 0.05) is 5.56 Å². The molecule has 0 aliphatic heterocycles. The van der Waals surface area contributed by atoms with E-state index >= 15 is 0 Å². The van der Waals surface area contributed by atoms with E-state index in [2.05, 4.69) is 16.0 Å². The molecule has 3 aromatic rings. The number of hydrogen-bond donors (Lipinski definition) is 0. The van der Waals surface area contributed by atoms with Crippen molar-refractivity contribution in [2.45, 2.75) is 6.92 Å². The second-order valence-corrected chi connectivity index (χ2v) is 4.20. The van der Waals surface area contributed by atoms with Crippen molar-refractivity contribution in [1.82, 2.24) is 9.97 Å². The van der Waals surface area contributed by atoms with Gasteiger partial charge in [-0.25, -0.2) is 9.97 Å². The van der Waals surface area contributed by atoms with Crippen LogP contribution in [0.15, 0.2) is 34.3 Å². The molecule has 4 heteroatoms. The lowest BCUT2D eigenvalue weighted by atomic mass is 10.2. The molecule has 0 saturated carbocycles. The molecule has 2 aromatic heterocycles. The van der Waals surface area contributed by atoms with Gasteiger partial charge in [-0.2, -0.15) is 0 Å². The molecule has 0 unspecified atom stereocenters. The summed E-state index contributed by atoms with van der Waals surface area (Å²) in [6.07, 6.45) is 1.73. The molecule has 3 rings (SSSR count). The Morgan fingerprint density at radius 1 is 1.27 bits per heavy atom. The first-order chi connectivity index (χ1) is 7.33. The van der Waals surface area contributed by atoms with Crippen LogP contribution in [-0.2, 0) is 0 Å². The quantitative estimate of drug-likeness (QED) is 0.626. The molecule has 0 fully saturated rings. The lowest BCUT2D eigenvalue weighted by Crippen LogP contribution is -1.76. The number of hydrogen-bond acceptors (Lipinski definition) is 4. The van der Waals surface area contributed by atoms with E-state index in [0.29, 0.717) is 5.89 Å². The summed E-state index contributed by atoms with van der Waals surface area (Å²) in [4.78, 5) is 8.42. The van der Waals surface area contributed by atoms with Crippen LogP contribution in [0.2, 0.25) is 0 Å². The number of fused-ring (bicyclic) bond motifs is 1. The Bertz CT molecular complexity index is 612. The largest absolute Gasteiger partial charge is 0.441 e. The van der Waals surface area contributed by atoms with E-state index in [1.807, 2.05) is 24.6 Å². The Kier molecular flexibility index (Phi) is 1.82. The van der Waals surface area contributed by atoms with Gasteiger partial charge in [0.05, 0.1) is 21.9 Å². The predicted molar refractivity (Wildman–Crippen MR) is 59.9 cm³/mol. The number of nitrogens with zero attached hydrogens (tertiary/aromatic N) is 2. The summed E-state index contributed by atoms with van der Waals surface area (Å²) in [6, 6.07) is 6.02. The molecule has 0 amide bonds. The molecule has 0 spiro atoms. The van der Waals surface area contributed by atoms with Crippen molar-refractivity contribution in [3.63, 3.8) is 0 Å².